The molecule has 0 bridgehead atoms. The molecule has 9 nitrogen and oxygen atoms in total. The van der Waals surface area contributed by atoms with Crippen LogP contribution in [-0.2, 0) is 27.4 Å². The molecule has 1 aromatic heterocycles. The second-order valence-corrected chi connectivity index (χ2v) is 9.69. The number of halogens is 1. The molecule has 1 aromatic carbocycles. The van der Waals surface area contributed by atoms with Gasteiger partial charge in [0.05, 0.1) is 5.69 Å². The Bertz CT molecular complexity index is 1080. The van der Waals surface area contributed by atoms with Gasteiger partial charge < -0.3 is 19.7 Å². The highest BCUT2D eigenvalue weighted by Gasteiger charge is 2.30. The van der Waals surface area contributed by atoms with Crippen molar-refractivity contribution in [2.75, 3.05) is 25.0 Å². The first-order valence-corrected chi connectivity index (χ1v) is 11.6. The number of nitrogens with zero attached hydrogens (tertiary/aromatic N) is 3. The van der Waals surface area contributed by atoms with Crippen molar-refractivity contribution in [2.24, 2.45) is 5.92 Å². The Balaban J connectivity index is 1.60. The van der Waals surface area contributed by atoms with E-state index in [1.54, 1.807) is 11.8 Å². The summed E-state index contributed by atoms with van der Waals surface area (Å²) in [6.45, 7) is 8.49. The number of rotatable bonds is 7. The lowest BCUT2D eigenvalue weighted by Gasteiger charge is -2.24. The van der Waals surface area contributed by atoms with E-state index in [-0.39, 0.29) is 36.1 Å². The average Bonchev–Trinajstić information content (AvgIpc) is 3.26. The Kier molecular flexibility index (Phi) is 8.19. The van der Waals surface area contributed by atoms with Gasteiger partial charge in [0.1, 0.15) is 18.8 Å². The van der Waals surface area contributed by atoms with Crippen molar-refractivity contribution in [3.8, 4) is 0 Å². The predicted molar refractivity (Wildman–Crippen MR) is 129 cm³/mol. The number of ether oxygens (including phenoxy) is 2. The summed E-state index contributed by atoms with van der Waals surface area (Å²) in [5.74, 6) is -0.369. The van der Waals surface area contributed by atoms with Crippen LogP contribution in [0.2, 0.25) is 5.15 Å². The molecule has 1 aliphatic heterocycles. The third kappa shape index (κ3) is 6.96. The normalized spacial score (nSPS) is 15.8. The van der Waals surface area contributed by atoms with Gasteiger partial charge in [0, 0.05) is 19.6 Å². The van der Waals surface area contributed by atoms with Crippen LogP contribution in [0, 0.1) is 12.8 Å². The number of benzene rings is 1. The molecule has 2 heterocycles. The molecule has 2 aromatic rings. The fourth-order valence-corrected chi connectivity index (χ4v) is 3.76. The highest BCUT2D eigenvalue weighted by molar-refractivity contribution is 6.30. The van der Waals surface area contributed by atoms with E-state index >= 15 is 0 Å². The summed E-state index contributed by atoms with van der Waals surface area (Å²) in [4.78, 5) is 43.4. The van der Waals surface area contributed by atoms with Gasteiger partial charge in [-0.1, -0.05) is 41.9 Å². The van der Waals surface area contributed by atoms with Crippen molar-refractivity contribution in [2.45, 2.75) is 52.9 Å². The zero-order valence-corrected chi connectivity index (χ0v) is 20.7. The number of amides is 1. The summed E-state index contributed by atoms with van der Waals surface area (Å²) in [5.41, 5.74) is 0.224. The largest absolute Gasteiger partial charge is 0.459 e. The molecule has 3 rings (SSSR count). The predicted octanol–water partition coefficient (Wildman–Crippen LogP) is 3.62. The number of carbonyl (C=O) groups is 2. The average molecular weight is 491 g/mol. The van der Waals surface area contributed by atoms with E-state index in [9.17, 15) is 14.4 Å². The van der Waals surface area contributed by atoms with Crippen LogP contribution < -0.4 is 10.9 Å². The molecule has 1 saturated heterocycles. The van der Waals surface area contributed by atoms with Crippen LogP contribution in [0.15, 0.2) is 35.1 Å². The fourth-order valence-electron chi connectivity index (χ4n) is 3.57. The Morgan fingerprint density at radius 1 is 1.24 bits per heavy atom. The third-order valence-electron chi connectivity index (χ3n) is 5.39. The van der Waals surface area contributed by atoms with Crippen molar-refractivity contribution < 1.29 is 19.1 Å². The Morgan fingerprint density at radius 3 is 2.62 bits per heavy atom. The van der Waals surface area contributed by atoms with Crippen LogP contribution in [-0.4, -0.2) is 51.7 Å². The molecule has 0 unspecified atom stereocenters. The van der Waals surface area contributed by atoms with E-state index in [1.807, 2.05) is 51.1 Å². The number of nitrogens with one attached hydrogen (secondary N) is 1. The van der Waals surface area contributed by atoms with Gasteiger partial charge in [-0.05, 0) is 45.6 Å². The molecule has 1 fully saturated rings. The molecular weight excluding hydrogens is 460 g/mol. The standard InChI is InChI=1S/C24H31ClN4O5/c1-16-20(25)27-21(26-12-18-10-11-28(13-18)23(32)34-24(2,3)4)22(31)29(16)14-19(30)33-15-17-8-6-5-7-9-17/h5-9,18H,10-15H2,1-4H3,(H,26,27)/t18-/m1/s1. The van der Waals surface area contributed by atoms with E-state index in [2.05, 4.69) is 10.3 Å². The van der Waals surface area contributed by atoms with Crippen LogP contribution >= 0.6 is 11.6 Å². The Hall–Kier alpha value is -3.07. The van der Waals surface area contributed by atoms with Gasteiger partial charge in [-0.2, -0.15) is 0 Å². The molecule has 0 spiro atoms. The van der Waals surface area contributed by atoms with E-state index in [1.165, 1.54) is 4.57 Å². The maximum Gasteiger partial charge on any atom is 0.410 e. The van der Waals surface area contributed by atoms with Crippen LogP contribution in [0.5, 0.6) is 0 Å². The van der Waals surface area contributed by atoms with Crippen molar-refractivity contribution in [3.63, 3.8) is 0 Å². The number of carbonyl (C=O) groups excluding carboxylic acids is 2. The zero-order chi connectivity index (χ0) is 24.9. The summed E-state index contributed by atoms with van der Waals surface area (Å²) in [5, 5.41) is 3.17. The maximum absolute atomic E-state index is 13.0. The van der Waals surface area contributed by atoms with E-state index in [4.69, 9.17) is 21.1 Å². The Labute approximate surface area is 204 Å². The molecular formula is C24H31ClN4O5. The molecule has 1 aliphatic rings. The molecule has 1 amide bonds. The van der Waals surface area contributed by atoms with E-state index in [0.29, 0.717) is 25.3 Å². The number of hydrogen-bond acceptors (Lipinski definition) is 7. The smallest absolute Gasteiger partial charge is 0.410 e. The molecule has 184 valence electrons. The van der Waals surface area contributed by atoms with Crippen molar-refractivity contribution >= 4 is 29.5 Å². The summed E-state index contributed by atoms with van der Waals surface area (Å²) < 4.78 is 12.0. The first kappa shape index (κ1) is 25.6. The van der Waals surface area contributed by atoms with Gasteiger partial charge in [0.2, 0.25) is 0 Å². The zero-order valence-electron chi connectivity index (χ0n) is 20.0. The summed E-state index contributed by atoms with van der Waals surface area (Å²) in [6, 6.07) is 9.29. The molecule has 34 heavy (non-hydrogen) atoms. The van der Waals surface area contributed by atoms with Crippen molar-refractivity contribution in [1.29, 1.82) is 0 Å². The van der Waals surface area contributed by atoms with Gasteiger partial charge in [-0.25, -0.2) is 9.78 Å². The SMILES string of the molecule is Cc1c(Cl)nc(NC[C@H]2CCN(C(=O)OC(C)(C)C)C2)c(=O)n1CC(=O)OCc1ccccc1. The van der Waals surface area contributed by atoms with Crippen LogP contribution in [0.4, 0.5) is 10.6 Å². The first-order valence-electron chi connectivity index (χ1n) is 11.2. The van der Waals surface area contributed by atoms with E-state index < -0.39 is 17.1 Å². The number of anilines is 1. The molecule has 10 heteroatoms. The van der Waals surface area contributed by atoms with E-state index in [0.717, 1.165) is 12.0 Å². The van der Waals surface area contributed by atoms with Gasteiger partial charge in [-0.3, -0.25) is 14.2 Å². The van der Waals surface area contributed by atoms with Crippen molar-refractivity contribution in [3.05, 3.63) is 57.1 Å². The molecule has 1 N–H and O–H groups in total. The summed E-state index contributed by atoms with van der Waals surface area (Å²) in [7, 11) is 0. The fraction of sp³-hybridized carbons (Fsp3) is 0.500. The van der Waals surface area contributed by atoms with Crippen molar-refractivity contribution in [1.82, 2.24) is 14.5 Å². The minimum atomic E-state index is -0.552. The monoisotopic (exact) mass is 490 g/mol. The number of likely N-dealkylation sites (tertiary alicyclic amines) is 1. The highest BCUT2D eigenvalue weighted by Crippen LogP contribution is 2.20. The van der Waals surface area contributed by atoms with Crippen LogP contribution in [0.3, 0.4) is 0 Å². The van der Waals surface area contributed by atoms with Gasteiger partial charge >= 0.3 is 12.1 Å². The first-order chi connectivity index (χ1) is 16.0. The third-order valence-corrected chi connectivity index (χ3v) is 5.74. The lowest BCUT2D eigenvalue weighted by atomic mass is 10.1. The number of hydrogen-bond donors (Lipinski definition) is 1. The second-order valence-electron chi connectivity index (χ2n) is 9.34. The van der Waals surface area contributed by atoms with Gasteiger partial charge in [-0.15, -0.1) is 0 Å². The summed E-state index contributed by atoms with van der Waals surface area (Å²) >= 11 is 6.24. The maximum atomic E-state index is 13.0. The molecule has 0 saturated carbocycles. The summed E-state index contributed by atoms with van der Waals surface area (Å²) in [6.07, 6.45) is 0.425. The Morgan fingerprint density at radius 2 is 1.94 bits per heavy atom. The molecule has 1 atom stereocenters. The topological polar surface area (TPSA) is 103 Å². The minimum absolute atomic E-state index is 0.0576. The lowest BCUT2D eigenvalue weighted by Crippen LogP contribution is -2.36. The van der Waals surface area contributed by atoms with Crippen LogP contribution in [0.1, 0.15) is 38.4 Å². The molecule has 0 radical (unpaired) electrons. The number of aromatic nitrogens is 2. The lowest BCUT2D eigenvalue weighted by molar-refractivity contribution is -0.145. The quantitative estimate of drug-likeness (QED) is 0.591. The van der Waals surface area contributed by atoms with Crippen LogP contribution in [0.25, 0.3) is 0 Å². The second kappa shape index (κ2) is 10.9. The van der Waals surface area contributed by atoms with Gasteiger partial charge in [0.25, 0.3) is 5.56 Å². The minimum Gasteiger partial charge on any atom is -0.459 e. The van der Waals surface area contributed by atoms with Gasteiger partial charge in [0.15, 0.2) is 11.0 Å². The highest BCUT2D eigenvalue weighted by atomic mass is 35.5. The molecule has 0 aliphatic carbocycles. The number of esters is 1.